The Kier molecular flexibility index (Phi) is 3.91. The van der Waals surface area contributed by atoms with Crippen molar-refractivity contribution in [2.45, 2.75) is 10.3 Å². The first-order valence-corrected chi connectivity index (χ1v) is 8.59. The molecule has 0 radical (unpaired) electrons. The van der Waals surface area contributed by atoms with Crippen molar-refractivity contribution >= 4 is 21.4 Å². The van der Waals surface area contributed by atoms with E-state index in [4.69, 9.17) is 4.42 Å². The van der Waals surface area contributed by atoms with E-state index in [9.17, 15) is 8.42 Å². The monoisotopic (exact) mass is 323 g/mol. The highest BCUT2D eigenvalue weighted by Gasteiger charge is 2.21. The van der Waals surface area contributed by atoms with Crippen LogP contribution in [0.15, 0.2) is 63.0 Å². The van der Waals surface area contributed by atoms with Crippen molar-refractivity contribution in [1.29, 1.82) is 0 Å². The van der Waals surface area contributed by atoms with Gasteiger partial charge in [0.25, 0.3) is 0 Å². The number of nitrogens with zero attached hydrogens (tertiary/aromatic N) is 2. The number of sulfonamides is 1. The third-order valence-corrected chi connectivity index (χ3v) is 5.76. The summed E-state index contributed by atoms with van der Waals surface area (Å²) in [7, 11) is -3.51. The van der Waals surface area contributed by atoms with Crippen LogP contribution in [-0.4, -0.2) is 24.7 Å². The van der Waals surface area contributed by atoms with Gasteiger partial charge in [-0.15, -0.1) is 11.3 Å². The molecule has 1 atom stereocenters. The van der Waals surface area contributed by atoms with E-state index in [0.717, 1.165) is 0 Å². The minimum atomic E-state index is -3.51. The van der Waals surface area contributed by atoms with Gasteiger partial charge in [0.05, 0.1) is 6.26 Å². The van der Waals surface area contributed by atoms with Crippen LogP contribution in [0.3, 0.4) is 0 Å². The SMILES string of the molecule is O=S(=O)(NCC(c1ccco1)n1cccn1)c1cccs1. The Balaban J connectivity index is 1.80. The van der Waals surface area contributed by atoms with E-state index in [-0.39, 0.29) is 12.6 Å². The topological polar surface area (TPSA) is 77.1 Å². The molecule has 0 fully saturated rings. The Morgan fingerprint density at radius 2 is 2.24 bits per heavy atom. The largest absolute Gasteiger partial charge is 0.467 e. The lowest BCUT2D eigenvalue weighted by Gasteiger charge is -2.15. The molecule has 110 valence electrons. The molecule has 0 spiro atoms. The quantitative estimate of drug-likeness (QED) is 0.753. The molecule has 3 rings (SSSR count). The molecule has 21 heavy (non-hydrogen) atoms. The highest BCUT2D eigenvalue weighted by atomic mass is 32.2. The predicted octanol–water partition coefficient (Wildman–Crippen LogP) is 2.11. The van der Waals surface area contributed by atoms with Gasteiger partial charge in [0, 0.05) is 18.9 Å². The lowest BCUT2D eigenvalue weighted by molar-refractivity contribution is 0.402. The van der Waals surface area contributed by atoms with E-state index >= 15 is 0 Å². The number of nitrogens with one attached hydrogen (secondary N) is 1. The lowest BCUT2D eigenvalue weighted by Crippen LogP contribution is -2.31. The Hall–Kier alpha value is -1.90. The molecule has 3 heterocycles. The van der Waals surface area contributed by atoms with Crippen LogP contribution in [0.2, 0.25) is 0 Å². The molecule has 0 saturated carbocycles. The maximum Gasteiger partial charge on any atom is 0.250 e. The minimum absolute atomic E-state index is 0.162. The van der Waals surface area contributed by atoms with Gasteiger partial charge < -0.3 is 4.42 Å². The number of hydrogen-bond acceptors (Lipinski definition) is 5. The summed E-state index contributed by atoms with van der Waals surface area (Å²) >= 11 is 1.18. The molecule has 0 bridgehead atoms. The van der Waals surface area contributed by atoms with E-state index < -0.39 is 10.0 Å². The van der Waals surface area contributed by atoms with Crippen LogP contribution in [0.5, 0.6) is 0 Å². The molecule has 0 aliphatic carbocycles. The average molecular weight is 323 g/mol. The van der Waals surface area contributed by atoms with E-state index in [0.29, 0.717) is 9.97 Å². The summed E-state index contributed by atoms with van der Waals surface area (Å²) in [6.45, 7) is 0.162. The molecule has 0 aromatic carbocycles. The van der Waals surface area contributed by atoms with Gasteiger partial charge in [-0.25, -0.2) is 13.1 Å². The molecule has 6 nitrogen and oxygen atoms in total. The molecule has 8 heteroatoms. The van der Waals surface area contributed by atoms with Crippen LogP contribution < -0.4 is 4.72 Å². The predicted molar refractivity (Wildman–Crippen MR) is 78.6 cm³/mol. The maximum atomic E-state index is 12.2. The highest BCUT2D eigenvalue weighted by molar-refractivity contribution is 7.91. The van der Waals surface area contributed by atoms with Crippen molar-refractivity contribution in [3.05, 3.63) is 60.1 Å². The van der Waals surface area contributed by atoms with Gasteiger partial charge in [0.1, 0.15) is 16.0 Å². The fourth-order valence-corrected chi connectivity index (χ4v) is 4.02. The van der Waals surface area contributed by atoms with Gasteiger partial charge in [-0.05, 0) is 29.6 Å². The van der Waals surface area contributed by atoms with E-state index in [1.165, 1.54) is 11.3 Å². The molecule has 0 saturated heterocycles. The Morgan fingerprint density at radius 3 is 2.86 bits per heavy atom. The molecule has 0 aliphatic rings. The van der Waals surface area contributed by atoms with Gasteiger partial charge in [-0.3, -0.25) is 4.68 Å². The summed E-state index contributed by atoms with van der Waals surface area (Å²) in [5.74, 6) is 0.646. The summed E-state index contributed by atoms with van der Waals surface area (Å²) < 4.78 is 34.3. The van der Waals surface area contributed by atoms with Crippen molar-refractivity contribution in [3.8, 4) is 0 Å². The number of rotatable bonds is 6. The zero-order valence-corrected chi connectivity index (χ0v) is 12.5. The molecule has 3 aromatic rings. The smallest absolute Gasteiger partial charge is 0.250 e. The van der Waals surface area contributed by atoms with Crippen molar-refractivity contribution < 1.29 is 12.8 Å². The normalized spacial score (nSPS) is 13.3. The van der Waals surface area contributed by atoms with E-state index in [2.05, 4.69) is 9.82 Å². The van der Waals surface area contributed by atoms with E-state index in [1.54, 1.807) is 59.1 Å². The number of thiophene rings is 1. The lowest BCUT2D eigenvalue weighted by atomic mass is 10.2. The standard InChI is InChI=1S/C13H13N3O3S2/c17-21(18,13-5-2-9-20-13)15-10-11(12-4-1-8-19-12)16-7-3-6-14-16/h1-9,11,15H,10H2. The number of aromatic nitrogens is 2. The highest BCUT2D eigenvalue weighted by Crippen LogP contribution is 2.20. The summed E-state index contributed by atoms with van der Waals surface area (Å²) in [5.41, 5.74) is 0. The fourth-order valence-electron chi connectivity index (χ4n) is 1.95. The first-order valence-electron chi connectivity index (χ1n) is 6.22. The molecule has 3 aromatic heterocycles. The third kappa shape index (κ3) is 3.07. The first kappa shape index (κ1) is 14.1. The fraction of sp³-hybridized carbons (Fsp3) is 0.154. The van der Waals surface area contributed by atoms with Gasteiger partial charge in [-0.2, -0.15) is 5.10 Å². The Bertz CT molecular complexity index is 729. The van der Waals surface area contributed by atoms with Crippen LogP contribution in [-0.2, 0) is 10.0 Å². The zero-order valence-electron chi connectivity index (χ0n) is 10.9. The number of hydrogen-bond donors (Lipinski definition) is 1. The summed E-state index contributed by atoms with van der Waals surface area (Å²) in [6.07, 6.45) is 4.97. The molecular weight excluding hydrogens is 310 g/mol. The summed E-state index contributed by atoms with van der Waals surface area (Å²) in [6, 6.07) is 8.29. The van der Waals surface area contributed by atoms with Crippen molar-refractivity contribution in [2.24, 2.45) is 0 Å². The summed E-state index contributed by atoms with van der Waals surface area (Å²) in [4.78, 5) is 0. The van der Waals surface area contributed by atoms with E-state index in [1.807, 2.05) is 0 Å². The minimum Gasteiger partial charge on any atom is -0.467 e. The molecule has 0 aliphatic heterocycles. The van der Waals surface area contributed by atoms with Crippen LogP contribution in [0.1, 0.15) is 11.8 Å². The number of furan rings is 1. The molecule has 1 N–H and O–H groups in total. The molecular formula is C13H13N3O3S2. The van der Waals surface area contributed by atoms with Gasteiger partial charge >= 0.3 is 0 Å². The van der Waals surface area contributed by atoms with Crippen molar-refractivity contribution in [1.82, 2.24) is 14.5 Å². The zero-order chi connectivity index (χ0) is 14.7. The Labute approximate surface area is 126 Å². The van der Waals surface area contributed by atoms with Gasteiger partial charge in [0.2, 0.25) is 10.0 Å². The van der Waals surface area contributed by atoms with Crippen molar-refractivity contribution in [2.75, 3.05) is 6.54 Å². The van der Waals surface area contributed by atoms with Crippen LogP contribution in [0, 0.1) is 0 Å². The second kappa shape index (κ2) is 5.84. The van der Waals surface area contributed by atoms with Crippen molar-refractivity contribution in [3.63, 3.8) is 0 Å². The summed E-state index contributed by atoms with van der Waals surface area (Å²) in [5, 5.41) is 5.89. The van der Waals surface area contributed by atoms with Crippen LogP contribution in [0.25, 0.3) is 0 Å². The third-order valence-electron chi connectivity index (χ3n) is 2.94. The molecule has 0 amide bonds. The van der Waals surface area contributed by atoms with Crippen LogP contribution >= 0.6 is 11.3 Å². The first-order chi connectivity index (χ1) is 10.2. The second-order valence-corrected chi connectivity index (χ2v) is 7.24. The average Bonchev–Trinajstić information content (AvgIpc) is 3.23. The Morgan fingerprint density at radius 1 is 1.33 bits per heavy atom. The second-order valence-electron chi connectivity index (χ2n) is 4.30. The van der Waals surface area contributed by atoms with Crippen LogP contribution in [0.4, 0.5) is 0 Å². The van der Waals surface area contributed by atoms with Gasteiger partial charge in [-0.1, -0.05) is 6.07 Å². The maximum absolute atomic E-state index is 12.2. The van der Waals surface area contributed by atoms with Gasteiger partial charge in [0.15, 0.2) is 0 Å². The molecule has 1 unspecified atom stereocenters.